The van der Waals surface area contributed by atoms with E-state index in [4.69, 9.17) is 22.1 Å². The van der Waals surface area contributed by atoms with Gasteiger partial charge < -0.3 is 15.0 Å². The third-order valence-corrected chi connectivity index (χ3v) is 4.66. The molecule has 0 spiro atoms. The first-order chi connectivity index (χ1) is 14.3. The number of carbonyl (C=O) groups is 2. The zero-order valence-corrected chi connectivity index (χ0v) is 17.3. The smallest absolute Gasteiger partial charge is 0.271 e. The van der Waals surface area contributed by atoms with Crippen molar-refractivity contribution in [3.05, 3.63) is 82.1 Å². The van der Waals surface area contributed by atoms with Gasteiger partial charge in [-0.3, -0.25) is 9.59 Å². The highest BCUT2D eigenvalue weighted by atomic mass is 35.5. The molecule has 2 amide bonds. The lowest BCUT2D eigenvalue weighted by Crippen LogP contribution is -2.20. The van der Waals surface area contributed by atoms with Gasteiger partial charge in [-0.15, -0.1) is 0 Å². The number of halogens is 1. The van der Waals surface area contributed by atoms with E-state index in [0.29, 0.717) is 21.9 Å². The number of nitrogens with zero attached hydrogens (tertiary/aromatic N) is 2. The minimum absolute atomic E-state index is 0.258. The van der Waals surface area contributed by atoms with Crippen molar-refractivity contribution in [3.8, 4) is 11.4 Å². The summed E-state index contributed by atoms with van der Waals surface area (Å²) in [6, 6.07) is 16.3. The van der Waals surface area contributed by atoms with E-state index < -0.39 is 5.91 Å². The molecule has 1 heterocycles. The number of rotatable bonds is 7. The number of hydrazone groups is 1. The van der Waals surface area contributed by atoms with E-state index in [1.807, 2.05) is 38.1 Å². The minimum Gasteiger partial charge on any atom is -0.482 e. The molecule has 2 aromatic carbocycles. The average Bonchev–Trinajstić information content (AvgIpc) is 3.05. The average molecular weight is 425 g/mol. The highest BCUT2D eigenvalue weighted by molar-refractivity contribution is 6.32. The minimum atomic E-state index is -0.592. The zero-order valence-electron chi connectivity index (χ0n) is 16.6. The maximum atomic E-state index is 12.3. The van der Waals surface area contributed by atoms with Crippen LogP contribution < -0.4 is 15.9 Å². The van der Waals surface area contributed by atoms with Gasteiger partial charge in [0.2, 0.25) is 0 Å². The maximum absolute atomic E-state index is 12.3. The molecule has 30 heavy (non-hydrogen) atoms. The lowest BCUT2D eigenvalue weighted by atomic mass is 10.2. The van der Waals surface area contributed by atoms with Crippen LogP contribution in [0.5, 0.6) is 5.75 Å². The van der Waals surface area contributed by atoms with Crippen molar-refractivity contribution in [2.75, 3.05) is 6.61 Å². The number of hydrogen-bond acceptors (Lipinski definition) is 4. The van der Waals surface area contributed by atoms with Crippen molar-refractivity contribution in [2.45, 2.75) is 13.8 Å². The van der Waals surface area contributed by atoms with Crippen LogP contribution in [0.3, 0.4) is 0 Å². The number of primary amides is 1. The Balaban J connectivity index is 1.62. The summed E-state index contributed by atoms with van der Waals surface area (Å²) in [7, 11) is 0. The first-order valence-electron chi connectivity index (χ1n) is 9.14. The highest BCUT2D eigenvalue weighted by Gasteiger charge is 2.08. The van der Waals surface area contributed by atoms with E-state index in [0.717, 1.165) is 17.1 Å². The van der Waals surface area contributed by atoms with Crippen LogP contribution in [0.15, 0.2) is 59.7 Å². The molecular formula is C22H21ClN4O3. The number of benzene rings is 2. The Bertz CT molecular complexity index is 1080. The van der Waals surface area contributed by atoms with Crippen molar-refractivity contribution < 1.29 is 14.3 Å². The van der Waals surface area contributed by atoms with Gasteiger partial charge in [0.05, 0.1) is 11.2 Å². The van der Waals surface area contributed by atoms with E-state index in [-0.39, 0.29) is 12.5 Å². The molecule has 3 aromatic rings. The molecule has 0 saturated carbocycles. The quantitative estimate of drug-likeness (QED) is 0.449. The van der Waals surface area contributed by atoms with Gasteiger partial charge >= 0.3 is 0 Å². The number of nitrogens with one attached hydrogen (secondary N) is 1. The topological polar surface area (TPSA) is 98.7 Å². The molecule has 0 bridgehead atoms. The molecule has 0 aliphatic carbocycles. The summed E-state index contributed by atoms with van der Waals surface area (Å²) in [5.74, 6) is -0.581. The lowest BCUT2D eigenvalue weighted by Gasteiger charge is -2.10. The fraction of sp³-hybridized carbons (Fsp3) is 0.136. The fourth-order valence-corrected chi connectivity index (χ4v) is 3.17. The number of amides is 2. The molecule has 0 atom stereocenters. The van der Waals surface area contributed by atoms with Crippen LogP contribution >= 0.6 is 11.6 Å². The van der Waals surface area contributed by atoms with E-state index in [9.17, 15) is 9.59 Å². The monoisotopic (exact) mass is 424 g/mol. The summed E-state index contributed by atoms with van der Waals surface area (Å²) in [4.78, 5) is 23.1. The second kappa shape index (κ2) is 9.28. The molecule has 0 saturated heterocycles. The summed E-state index contributed by atoms with van der Waals surface area (Å²) >= 11 is 6.10. The summed E-state index contributed by atoms with van der Waals surface area (Å²) in [5, 5.41) is 4.26. The van der Waals surface area contributed by atoms with Crippen molar-refractivity contribution in [3.63, 3.8) is 0 Å². The first-order valence-corrected chi connectivity index (χ1v) is 9.52. The SMILES string of the molecule is Cc1ccc(C)n1-c1ccc(C(=O)NN=Cc2ccc(OCC(N)=O)c(Cl)c2)cc1. The third-order valence-electron chi connectivity index (χ3n) is 4.36. The summed E-state index contributed by atoms with van der Waals surface area (Å²) in [6.07, 6.45) is 1.46. The number of nitrogens with two attached hydrogens (primary N) is 1. The Morgan fingerprint density at radius 2 is 1.77 bits per heavy atom. The van der Waals surface area contributed by atoms with Crippen LogP contribution in [-0.4, -0.2) is 29.2 Å². The van der Waals surface area contributed by atoms with Crippen LogP contribution in [0.1, 0.15) is 27.3 Å². The van der Waals surface area contributed by atoms with Gasteiger partial charge in [0.15, 0.2) is 6.61 Å². The summed E-state index contributed by atoms with van der Waals surface area (Å²) < 4.78 is 7.29. The number of hydrogen-bond donors (Lipinski definition) is 2. The van der Waals surface area contributed by atoms with Crippen LogP contribution in [0, 0.1) is 13.8 Å². The van der Waals surface area contributed by atoms with Crippen LogP contribution in [-0.2, 0) is 4.79 Å². The molecule has 1 aromatic heterocycles. The molecule has 3 rings (SSSR count). The van der Waals surface area contributed by atoms with E-state index >= 15 is 0 Å². The molecule has 8 heteroatoms. The lowest BCUT2D eigenvalue weighted by molar-refractivity contribution is -0.119. The Morgan fingerprint density at radius 3 is 2.37 bits per heavy atom. The normalized spacial score (nSPS) is 10.9. The molecule has 0 fully saturated rings. The van der Waals surface area contributed by atoms with Gasteiger partial charge in [-0.25, -0.2) is 5.43 Å². The molecule has 154 valence electrons. The second-order valence-corrected chi connectivity index (χ2v) is 7.05. The van der Waals surface area contributed by atoms with E-state index in [1.54, 1.807) is 30.3 Å². The van der Waals surface area contributed by atoms with Crippen LogP contribution in [0.25, 0.3) is 5.69 Å². The van der Waals surface area contributed by atoms with Gasteiger partial charge in [-0.1, -0.05) is 11.6 Å². The van der Waals surface area contributed by atoms with Gasteiger partial charge in [-0.05, 0) is 74.0 Å². The standard InChI is InChI=1S/C22H21ClN4O3/c1-14-3-4-15(2)27(14)18-8-6-17(7-9-18)22(29)26-25-12-16-5-10-20(19(23)11-16)30-13-21(24)28/h3-12H,13H2,1-2H3,(H2,24,28)(H,26,29). The molecule has 3 N–H and O–H groups in total. The summed E-state index contributed by atoms with van der Waals surface area (Å²) in [5.41, 5.74) is 11.9. The van der Waals surface area contributed by atoms with Gasteiger partial charge in [0.1, 0.15) is 5.75 Å². The predicted molar refractivity (Wildman–Crippen MR) is 116 cm³/mol. The second-order valence-electron chi connectivity index (χ2n) is 6.64. The molecule has 0 radical (unpaired) electrons. The van der Waals surface area contributed by atoms with Gasteiger partial charge in [0, 0.05) is 22.6 Å². The summed E-state index contributed by atoms with van der Waals surface area (Å²) in [6.45, 7) is 3.81. The van der Waals surface area contributed by atoms with Gasteiger partial charge in [-0.2, -0.15) is 5.10 Å². The van der Waals surface area contributed by atoms with Crippen molar-refractivity contribution in [1.82, 2.24) is 9.99 Å². The van der Waals surface area contributed by atoms with E-state index in [1.165, 1.54) is 6.21 Å². The van der Waals surface area contributed by atoms with Crippen molar-refractivity contribution in [2.24, 2.45) is 10.8 Å². The number of aromatic nitrogens is 1. The van der Waals surface area contributed by atoms with Crippen molar-refractivity contribution >= 4 is 29.6 Å². The van der Waals surface area contributed by atoms with Crippen LogP contribution in [0.2, 0.25) is 5.02 Å². The first kappa shape index (κ1) is 21.1. The van der Waals surface area contributed by atoms with Crippen molar-refractivity contribution in [1.29, 1.82) is 0 Å². The Labute approximate surface area is 179 Å². The van der Waals surface area contributed by atoms with E-state index in [2.05, 4.69) is 15.1 Å². The molecule has 7 nitrogen and oxygen atoms in total. The molecule has 0 aliphatic heterocycles. The Kier molecular flexibility index (Phi) is 6.54. The maximum Gasteiger partial charge on any atom is 0.271 e. The number of carbonyl (C=O) groups excluding carboxylic acids is 2. The number of aryl methyl sites for hydroxylation is 2. The molecule has 0 unspecified atom stereocenters. The number of ether oxygens (including phenoxy) is 1. The van der Waals surface area contributed by atoms with Crippen LogP contribution in [0.4, 0.5) is 0 Å². The zero-order chi connectivity index (χ0) is 21.7. The highest BCUT2D eigenvalue weighted by Crippen LogP contribution is 2.24. The Morgan fingerprint density at radius 1 is 1.10 bits per heavy atom. The van der Waals surface area contributed by atoms with Gasteiger partial charge in [0.25, 0.3) is 11.8 Å². The third kappa shape index (κ3) is 5.07. The molecule has 0 aliphatic rings. The Hall–Kier alpha value is -3.58. The largest absolute Gasteiger partial charge is 0.482 e. The molecular weight excluding hydrogens is 404 g/mol. The fourth-order valence-electron chi connectivity index (χ4n) is 2.93. The predicted octanol–water partition coefficient (Wildman–Crippen LogP) is 3.38.